The first-order valence-corrected chi connectivity index (χ1v) is 10.0. The van der Waals surface area contributed by atoms with E-state index in [2.05, 4.69) is 37.1 Å². The van der Waals surface area contributed by atoms with Crippen molar-refractivity contribution < 1.29 is 23.0 Å². The summed E-state index contributed by atoms with van der Waals surface area (Å²) >= 11 is 0. The van der Waals surface area contributed by atoms with Gasteiger partial charge in [0.1, 0.15) is 41.9 Å². The predicted molar refractivity (Wildman–Crippen MR) is 114 cm³/mol. The second-order valence-electron chi connectivity index (χ2n) is 7.37. The minimum atomic E-state index is -0.859. The number of carbonyl (C=O) groups excluding carboxylic acids is 1. The number of ether oxygens (including phenoxy) is 2. The third-order valence-corrected chi connectivity index (χ3v) is 5.32. The van der Waals surface area contributed by atoms with Crippen molar-refractivity contribution in [1.29, 1.82) is 0 Å². The van der Waals surface area contributed by atoms with Crippen molar-refractivity contribution in [2.24, 2.45) is 5.92 Å². The number of aromatic nitrogens is 4. The van der Waals surface area contributed by atoms with Crippen LogP contribution in [0.15, 0.2) is 67.0 Å². The lowest BCUT2D eigenvalue weighted by Gasteiger charge is -2.13. The lowest BCUT2D eigenvalue weighted by Crippen LogP contribution is -2.34. The summed E-state index contributed by atoms with van der Waals surface area (Å²) in [5, 5.41) is 5.15. The van der Waals surface area contributed by atoms with Gasteiger partial charge in [-0.05, 0) is 24.3 Å². The molecule has 3 N–H and O–H groups in total. The number of hydrogen-bond donors (Lipinski definition) is 3. The molecule has 5 rings (SSSR count). The van der Waals surface area contributed by atoms with E-state index in [1.165, 1.54) is 12.7 Å². The van der Waals surface area contributed by atoms with Crippen LogP contribution in [0.25, 0.3) is 11.2 Å². The fourth-order valence-electron chi connectivity index (χ4n) is 3.79. The maximum Gasteiger partial charge on any atom is 0.319 e. The quantitative estimate of drug-likeness (QED) is 0.529. The van der Waals surface area contributed by atoms with Gasteiger partial charge >= 0.3 is 6.03 Å². The van der Waals surface area contributed by atoms with Crippen LogP contribution in [0.3, 0.4) is 0 Å². The summed E-state index contributed by atoms with van der Waals surface area (Å²) in [6.07, 6.45) is 7.82. The molecule has 2 aliphatic rings. The number of anilines is 1. The van der Waals surface area contributed by atoms with Gasteiger partial charge < -0.3 is 25.1 Å². The van der Waals surface area contributed by atoms with Gasteiger partial charge in [0.2, 0.25) is 5.88 Å². The average molecular weight is 452 g/mol. The van der Waals surface area contributed by atoms with Crippen LogP contribution < -0.4 is 15.4 Å². The summed E-state index contributed by atoms with van der Waals surface area (Å²) in [5.41, 5.74) is 1.83. The minimum Gasteiger partial charge on any atom is -0.487 e. The number of fused-ring (bicyclic) bond motifs is 2. The number of H-pyrrole nitrogens is 1. The fraction of sp³-hybridized carbons (Fsp3) is 0.182. The molecule has 0 unspecified atom stereocenters. The van der Waals surface area contributed by atoms with Crippen LogP contribution in [0.4, 0.5) is 19.3 Å². The van der Waals surface area contributed by atoms with Crippen LogP contribution in [-0.2, 0) is 4.74 Å². The molecule has 1 aliphatic heterocycles. The number of benzene rings is 1. The van der Waals surface area contributed by atoms with E-state index in [1.807, 2.05) is 6.08 Å². The van der Waals surface area contributed by atoms with Crippen molar-refractivity contribution in [2.75, 3.05) is 11.9 Å². The first-order chi connectivity index (χ1) is 16.0. The number of halogens is 2. The zero-order valence-electron chi connectivity index (χ0n) is 17.1. The monoisotopic (exact) mass is 452 g/mol. The standard InChI is InChI=1S/C22H18F2N6O3/c1-2-3-15-12(6-7-32-21-18-20(26-9-25-18)27-10-28-21)16-17(19(16)33-15)30-22(31)29-14-5-4-11(23)8-13(14)24/h2-6,8-10,16-17,19H,1,7H2,(H2,29,30,31)(H,25,26,27,28)/b12-6+,15-3+/t16-,17+,19-/m0/s1. The maximum atomic E-state index is 13.8. The molecule has 0 spiro atoms. The third-order valence-electron chi connectivity index (χ3n) is 5.32. The summed E-state index contributed by atoms with van der Waals surface area (Å²) in [7, 11) is 0. The number of nitrogens with one attached hydrogen (secondary N) is 3. The number of amides is 2. The highest BCUT2D eigenvalue weighted by Crippen LogP contribution is 2.51. The van der Waals surface area contributed by atoms with Gasteiger partial charge in [0.25, 0.3) is 0 Å². The van der Waals surface area contributed by atoms with Crippen LogP contribution in [-0.4, -0.2) is 44.7 Å². The molecule has 9 nitrogen and oxygen atoms in total. The molecule has 3 heterocycles. The zero-order valence-corrected chi connectivity index (χ0v) is 17.1. The van der Waals surface area contributed by atoms with Gasteiger partial charge in [-0.1, -0.05) is 12.7 Å². The van der Waals surface area contributed by atoms with Crippen molar-refractivity contribution in [1.82, 2.24) is 25.3 Å². The number of nitrogens with zero attached hydrogens (tertiary/aromatic N) is 3. The van der Waals surface area contributed by atoms with E-state index >= 15 is 0 Å². The van der Waals surface area contributed by atoms with E-state index in [-0.39, 0.29) is 30.4 Å². The molecule has 2 aromatic heterocycles. The number of hydrogen-bond acceptors (Lipinski definition) is 6. The molecule has 11 heteroatoms. The molecule has 1 aromatic carbocycles. The second-order valence-corrected chi connectivity index (χ2v) is 7.37. The Labute approximate surface area is 186 Å². The van der Waals surface area contributed by atoms with Gasteiger partial charge in [0.15, 0.2) is 5.65 Å². The highest BCUT2D eigenvalue weighted by atomic mass is 19.1. The molecule has 1 saturated heterocycles. The van der Waals surface area contributed by atoms with E-state index in [0.717, 1.165) is 17.7 Å². The molecule has 1 saturated carbocycles. The Kier molecular flexibility index (Phi) is 5.21. The Hall–Kier alpha value is -4.28. The summed E-state index contributed by atoms with van der Waals surface area (Å²) < 4.78 is 38.5. The largest absolute Gasteiger partial charge is 0.487 e. The normalized spacial score (nSPS) is 23.3. The number of aromatic amines is 1. The molecular formula is C22H18F2N6O3. The third kappa shape index (κ3) is 4.00. The van der Waals surface area contributed by atoms with Crippen molar-refractivity contribution in [3.8, 4) is 5.88 Å². The van der Waals surface area contributed by atoms with E-state index in [1.54, 1.807) is 12.2 Å². The fourth-order valence-corrected chi connectivity index (χ4v) is 3.79. The number of rotatable bonds is 6. The lowest BCUT2D eigenvalue weighted by molar-refractivity contribution is 0.210. The maximum absolute atomic E-state index is 13.8. The van der Waals surface area contributed by atoms with E-state index < -0.39 is 17.7 Å². The van der Waals surface area contributed by atoms with Crippen LogP contribution >= 0.6 is 0 Å². The Morgan fingerprint density at radius 1 is 1.30 bits per heavy atom. The molecule has 2 fully saturated rings. The number of imidazole rings is 1. The van der Waals surface area contributed by atoms with Gasteiger partial charge in [-0.3, -0.25) is 0 Å². The lowest BCUT2D eigenvalue weighted by atomic mass is 10.1. The highest BCUT2D eigenvalue weighted by Gasteiger charge is 2.61. The van der Waals surface area contributed by atoms with Crippen molar-refractivity contribution in [3.63, 3.8) is 0 Å². The first kappa shape index (κ1) is 20.6. The van der Waals surface area contributed by atoms with E-state index in [0.29, 0.717) is 28.9 Å². The van der Waals surface area contributed by atoms with Crippen LogP contribution in [0.2, 0.25) is 0 Å². The van der Waals surface area contributed by atoms with Crippen molar-refractivity contribution in [2.45, 2.75) is 12.1 Å². The number of carbonyl (C=O) groups is 1. The smallest absolute Gasteiger partial charge is 0.319 e. The molecule has 33 heavy (non-hydrogen) atoms. The van der Waals surface area contributed by atoms with Crippen LogP contribution in [0, 0.1) is 17.6 Å². The Morgan fingerprint density at radius 3 is 3.00 bits per heavy atom. The molecule has 3 aromatic rings. The van der Waals surface area contributed by atoms with Gasteiger partial charge in [-0.15, -0.1) is 0 Å². The predicted octanol–water partition coefficient (Wildman–Crippen LogP) is 3.23. The SMILES string of the molecule is C=C/C=C1/O[C@@H]2[C@H](NC(=O)Nc3ccc(F)cc3F)[C@@H]2/C1=C/COc1ncnc2nc[nH]c12. The Bertz CT molecular complexity index is 1300. The van der Waals surface area contributed by atoms with E-state index in [9.17, 15) is 13.6 Å². The minimum absolute atomic E-state index is 0.0961. The number of allylic oxidation sites excluding steroid dienone is 3. The van der Waals surface area contributed by atoms with Gasteiger partial charge in [0.05, 0.1) is 24.0 Å². The molecule has 0 radical (unpaired) electrons. The first-order valence-electron chi connectivity index (χ1n) is 10.0. The van der Waals surface area contributed by atoms with Crippen LogP contribution in [0.1, 0.15) is 0 Å². The van der Waals surface area contributed by atoms with Gasteiger partial charge in [-0.25, -0.2) is 23.5 Å². The Balaban J connectivity index is 1.25. The zero-order chi connectivity index (χ0) is 22.9. The van der Waals surface area contributed by atoms with Gasteiger partial charge in [0, 0.05) is 11.6 Å². The van der Waals surface area contributed by atoms with Crippen molar-refractivity contribution >= 4 is 22.9 Å². The molecule has 1 aliphatic carbocycles. The molecule has 0 bridgehead atoms. The van der Waals surface area contributed by atoms with E-state index in [4.69, 9.17) is 9.47 Å². The summed E-state index contributed by atoms with van der Waals surface area (Å²) in [6.45, 7) is 3.89. The molecule has 3 atom stereocenters. The van der Waals surface area contributed by atoms with Crippen LogP contribution in [0.5, 0.6) is 5.88 Å². The highest BCUT2D eigenvalue weighted by molar-refractivity contribution is 5.90. The molecule has 168 valence electrons. The average Bonchev–Trinajstić information content (AvgIpc) is 3.13. The summed E-state index contributed by atoms with van der Waals surface area (Å²) in [4.78, 5) is 27.5. The number of urea groups is 1. The topological polar surface area (TPSA) is 114 Å². The van der Waals surface area contributed by atoms with Gasteiger partial charge in [-0.2, -0.15) is 4.98 Å². The summed E-state index contributed by atoms with van der Waals surface area (Å²) in [6, 6.07) is 2.00. The Morgan fingerprint density at radius 2 is 2.18 bits per heavy atom. The molecular weight excluding hydrogens is 434 g/mol. The molecule has 2 amide bonds. The second kappa shape index (κ2) is 8.34. The summed E-state index contributed by atoms with van der Waals surface area (Å²) in [5.74, 6) is -0.674. The van der Waals surface area contributed by atoms with Crippen molar-refractivity contribution in [3.05, 3.63) is 78.6 Å².